The van der Waals surface area contributed by atoms with E-state index in [0.717, 1.165) is 18.1 Å². The van der Waals surface area contributed by atoms with E-state index in [1.54, 1.807) is 4.90 Å². The molecule has 0 aromatic heterocycles. The first-order chi connectivity index (χ1) is 9.75. The Bertz CT molecular complexity index is 329. The summed E-state index contributed by atoms with van der Waals surface area (Å²) in [7, 11) is 0. The Morgan fingerprint density at radius 3 is 2.85 bits per heavy atom. The van der Waals surface area contributed by atoms with E-state index in [1.165, 1.54) is 0 Å². The molecule has 0 radical (unpaired) electrons. The molecule has 6 nitrogen and oxygen atoms in total. The zero-order valence-corrected chi connectivity index (χ0v) is 12.5. The van der Waals surface area contributed by atoms with Gasteiger partial charge in [-0.1, -0.05) is 0 Å². The summed E-state index contributed by atoms with van der Waals surface area (Å²) in [6, 6.07) is 0.267. The number of carbonyl (C=O) groups is 2. The van der Waals surface area contributed by atoms with Crippen LogP contribution >= 0.6 is 11.8 Å². The molecule has 114 valence electrons. The fraction of sp³-hybridized carbons (Fsp3) is 0.846. The Balaban J connectivity index is 1.57. The van der Waals surface area contributed by atoms with E-state index in [9.17, 15) is 9.59 Å². The Morgan fingerprint density at radius 2 is 2.15 bits per heavy atom. The van der Waals surface area contributed by atoms with Crippen LogP contribution < -0.4 is 10.6 Å². The van der Waals surface area contributed by atoms with Crippen molar-refractivity contribution < 1.29 is 14.3 Å². The molecule has 0 aromatic carbocycles. The third-order valence-corrected chi connectivity index (χ3v) is 4.59. The van der Waals surface area contributed by atoms with Crippen LogP contribution in [0.15, 0.2) is 0 Å². The third kappa shape index (κ3) is 5.30. The number of hydrogen-bond acceptors (Lipinski definition) is 5. The van der Waals surface area contributed by atoms with Crippen LogP contribution in [0.5, 0.6) is 0 Å². The molecular weight excluding hydrogens is 278 g/mol. The van der Waals surface area contributed by atoms with Gasteiger partial charge in [-0.05, 0) is 0 Å². The number of hydrogen-bond donors (Lipinski definition) is 2. The molecule has 2 rings (SSSR count). The van der Waals surface area contributed by atoms with Crippen LogP contribution in [0.3, 0.4) is 0 Å². The zero-order chi connectivity index (χ0) is 14.2. The maximum Gasteiger partial charge on any atom is 0.224 e. The second-order valence-electron chi connectivity index (χ2n) is 5.02. The summed E-state index contributed by atoms with van der Waals surface area (Å²) in [6.45, 7) is 3.95. The molecule has 0 bridgehead atoms. The van der Waals surface area contributed by atoms with Gasteiger partial charge in [-0.25, -0.2) is 0 Å². The summed E-state index contributed by atoms with van der Waals surface area (Å²) < 4.78 is 5.20. The molecule has 2 heterocycles. The first-order valence-corrected chi connectivity index (χ1v) is 8.34. The molecule has 2 saturated heterocycles. The molecule has 1 unspecified atom stereocenters. The van der Waals surface area contributed by atoms with Crippen molar-refractivity contribution in [2.75, 3.05) is 50.9 Å². The molecule has 7 heteroatoms. The minimum Gasteiger partial charge on any atom is -0.378 e. The van der Waals surface area contributed by atoms with Gasteiger partial charge in [0.2, 0.25) is 11.8 Å². The normalized spacial score (nSPS) is 23.4. The lowest BCUT2D eigenvalue weighted by molar-refractivity contribution is -0.135. The van der Waals surface area contributed by atoms with Gasteiger partial charge in [0.25, 0.3) is 0 Å². The van der Waals surface area contributed by atoms with E-state index in [-0.39, 0.29) is 17.9 Å². The van der Waals surface area contributed by atoms with Gasteiger partial charge in [-0.2, -0.15) is 11.8 Å². The second-order valence-corrected chi connectivity index (χ2v) is 6.17. The molecule has 0 saturated carbocycles. The van der Waals surface area contributed by atoms with Crippen LogP contribution in [0.4, 0.5) is 0 Å². The Morgan fingerprint density at radius 1 is 1.35 bits per heavy atom. The highest BCUT2D eigenvalue weighted by Crippen LogP contribution is 2.09. The van der Waals surface area contributed by atoms with Crippen LogP contribution in [0.2, 0.25) is 0 Å². The monoisotopic (exact) mass is 301 g/mol. The standard InChI is InChI=1S/C13H23N3O3S/c17-12(9-11-10-20-8-3-14-11)15-2-1-13(18)16-4-6-19-7-5-16/h11,14H,1-10H2,(H,15,17). The highest BCUT2D eigenvalue weighted by molar-refractivity contribution is 7.99. The van der Waals surface area contributed by atoms with Crippen molar-refractivity contribution in [3.8, 4) is 0 Å². The van der Waals surface area contributed by atoms with Crippen molar-refractivity contribution in [2.45, 2.75) is 18.9 Å². The average molecular weight is 301 g/mol. The predicted octanol–water partition coefficient (Wildman–Crippen LogP) is -0.553. The van der Waals surface area contributed by atoms with E-state index >= 15 is 0 Å². The fourth-order valence-corrected chi connectivity index (χ4v) is 3.28. The van der Waals surface area contributed by atoms with Crippen molar-refractivity contribution in [1.29, 1.82) is 0 Å². The van der Waals surface area contributed by atoms with Crippen molar-refractivity contribution in [1.82, 2.24) is 15.5 Å². The summed E-state index contributed by atoms with van der Waals surface area (Å²) in [4.78, 5) is 25.4. The Kier molecular flexibility index (Phi) is 6.62. The van der Waals surface area contributed by atoms with Crippen LogP contribution in [0.1, 0.15) is 12.8 Å². The van der Waals surface area contributed by atoms with Gasteiger partial charge in [0.1, 0.15) is 0 Å². The topological polar surface area (TPSA) is 70.7 Å². The summed E-state index contributed by atoms with van der Waals surface area (Å²) >= 11 is 1.88. The predicted molar refractivity (Wildman–Crippen MR) is 78.8 cm³/mol. The number of carbonyl (C=O) groups excluding carboxylic acids is 2. The average Bonchev–Trinajstić information content (AvgIpc) is 2.49. The number of ether oxygens (including phenoxy) is 1. The van der Waals surface area contributed by atoms with Gasteiger partial charge >= 0.3 is 0 Å². The van der Waals surface area contributed by atoms with Crippen molar-refractivity contribution >= 4 is 23.6 Å². The smallest absolute Gasteiger partial charge is 0.224 e. The maximum atomic E-state index is 11.9. The van der Waals surface area contributed by atoms with E-state index in [2.05, 4.69) is 10.6 Å². The van der Waals surface area contributed by atoms with Crippen LogP contribution in [-0.2, 0) is 14.3 Å². The summed E-state index contributed by atoms with van der Waals surface area (Å²) in [6.07, 6.45) is 0.872. The molecule has 2 fully saturated rings. The van der Waals surface area contributed by atoms with Crippen LogP contribution in [-0.4, -0.2) is 73.7 Å². The number of rotatable bonds is 5. The second kappa shape index (κ2) is 8.49. The van der Waals surface area contributed by atoms with E-state index in [4.69, 9.17) is 4.74 Å². The highest BCUT2D eigenvalue weighted by atomic mass is 32.2. The molecule has 0 spiro atoms. The van der Waals surface area contributed by atoms with Gasteiger partial charge in [-0.3, -0.25) is 9.59 Å². The summed E-state index contributed by atoms with van der Waals surface area (Å²) in [5.74, 6) is 2.23. The zero-order valence-electron chi connectivity index (χ0n) is 11.7. The molecule has 2 aliphatic heterocycles. The lowest BCUT2D eigenvalue weighted by atomic mass is 10.2. The molecule has 0 aliphatic carbocycles. The van der Waals surface area contributed by atoms with Gasteiger partial charge in [0.15, 0.2) is 0 Å². The van der Waals surface area contributed by atoms with Crippen molar-refractivity contribution in [3.05, 3.63) is 0 Å². The molecule has 2 N–H and O–H groups in total. The Labute approximate surface area is 124 Å². The van der Waals surface area contributed by atoms with Gasteiger partial charge in [0, 0.05) is 56.6 Å². The number of morpholine rings is 1. The largest absolute Gasteiger partial charge is 0.378 e. The number of nitrogens with one attached hydrogen (secondary N) is 2. The summed E-state index contributed by atoms with van der Waals surface area (Å²) in [5.41, 5.74) is 0. The molecule has 1 atom stereocenters. The minimum absolute atomic E-state index is 0.0276. The minimum atomic E-state index is 0.0276. The number of amides is 2. The SMILES string of the molecule is O=C(CC1CSCCN1)NCCC(=O)N1CCOCC1. The fourth-order valence-electron chi connectivity index (χ4n) is 2.33. The first-order valence-electron chi connectivity index (χ1n) is 7.19. The molecular formula is C13H23N3O3S. The van der Waals surface area contributed by atoms with Crippen LogP contribution in [0.25, 0.3) is 0 Å². The van der Waals surface area contributed by atoms with E-state index < -0.39 is 0 Å². The van der Waals surface area contributed by atoms with Gasteiger partial charge < -0.3 is 20.3 Å². The molecule has 20 heavy (non-hydrogen) atoms. The number of nitrogens with zero attached hydrogens (tertiary/aromatic N) is 1. The first kappa shape index (κ1) is 15.6. The van der Waals surface area contributed by atoms with E-state index in [0.29, 0.717) is 45.7 Å². The maximum absolute atomic E-state index is 11.9. The molecule has 0 aromatic rings. The summed E-state index contributed by atoms with van der Waals surface area (Å²) in [5, 5.41) is 6.16. The lowest BCUT2D eigenvalue weighted by Crippen LogP contribution is -2.43. The Hall–Kier alpha value is -0.790. The van der Waals surface area contributed by atoms with Crippen molar-refractivity contribution in [2.24, 2.45) is 0 Å². The van der Waals surface area contributed by atoms with Crippen molar-refractivity contribution in [3.63, 3.8) is 0 Å². The third-order valence-electron chi connectivity index (χ3n) is 3.46. The van der Waals surface area contributed by atoms with E-state index in [1.807, 2.05) is 11.8 Å². The molecule has 2 amide bonds. The quantitative estimate of drug-likeness (QED) is 0.713. The van der Waals surface area contributed by atoms with Gasteiger partial charge in [0.05, 0.1) is 13.2 Å². The van der Waals surface area contributed by atoms with Gasteiger partial charge in [-0.15, -0.1) is 0 Å². The number of thioether (sulfide) groups is 1. The van der Waals surface area contributed by atoms with Crippen LogP contribution in [0, 0.1) is 0 Å². The highest BCUT2D eigenvalue weighted by Gasteiger charge is 2.18. The lowest BCUT2D eigenvalue weighted by Gasteiger charge is -2.27. The molecule has 2 aliphatic rings.